The van der Waals surface area contributed by atoms with Crippen LogP contribution in [0.4, 0.5) is 0 Å². The molecule has 2 aromatic heterocycles. The van der Waals surface area contributed by atoms with Gasteiger partial charge in [-0.2, -0.15) is 0 Å². The van der Waals surface area contributed by atoms with Crippen LogP contribution in [0.15, 0.2) is 4.42 Å². The number of hydrogen-bond acceptors (Lipinski definition) is 7. The standard InChI is InChI=1S/C17H27N7O/c1-11(17-21-18-12(2)25-17)24-8-7-14(9-24)22(3)10-15-19-20-16(23(15)4)13-5-6-13/h11,13-14H,5-10H2,1-4H3/t11-,14+/m1/s1. The second-order valence-electron chi connectivity index (χ2n) is 7.50. The van der Waals surface area contributed by atoms with Crippen LogP contribution in [0.5, 0.6) is 0 Å². The van der Waals surface area contributed by atoms with Crippen LogP contribution in [-0.4, -0.2) is 60.9 Å². The largest absolute Gasteiger partial charge is 0.424 e. The Morgan fingerprint density at radius 2 is 2.00 bits per heavy atom. The molecule has 4 rings (SSSR count). The zero-order valence-corrected chi connectivity index (χ0v) is 15.5. The summed E-state index contributed by atoms with van der Waals surface area (Å²) in [7, 11) is 4.28. The van der Waals surface area contributed by atoms with Crippen molar-refractivity contribution in [3.05, 3.63) is 23.4 Å². The smallest absolute Gasteiger partial charge is 0.233 e. The van der Waals surface area contributed by atoms with Gasteiger partial charge in [-0.05, 0) is 33.2 Å². The maximum atomic E-state index is 5.60. The highest BCUT2D eigenvalue weighted by molar-refractivity contribution is 5.08. The predicted molar refractivity (Wildman–Crippen MR) is 91.9 cm³/mol. The molecule has 0 amide bonds. The highest BCUT2D eigenvalue weighted by atomic mass is 16.4. The molecule has 0 N–H and O–H groups in total. The predicted octanol–water partition coefficient (Wildman–Crippen LogP) is 1.65. The molecule has 0 bridgehead atoms. The van der Waals surface area contributed by atoms with Crippen LogP contribution in [-0.2, 0) is 13.6 Å². The number of likely N-dealkylation sites (N-methyl/N-ethyl adjacent to an activating group) is 1. The van der Waals surface area contributed by atoms with Crippen LogP contribution in [0, 0.1) is 6.92 Å². The van der Waals surface area contributed by atoms with Crippen molar-refractivity contribution in [3.63, 3.8) is 0 Å². The third-order valence-corrected chi connectivity index (χ3v) is 5.60. The second-order valence-corrected chi connectivity index (χ2v) is 7.50. The van der Waals surface area contributed by atoms with E-state index in [1.54, 1.807) is 0 Å². The van der Waals surface area contributed by atoms with E-state index in [4.69, 9.17) is 4.42 Å². The van der Waals surface area contributed by atoms with Crippen molar-refractivity contribution in [2.75, 3.05) is 20.1 Å². The van der Waals surface area contributed by atoms with Gasteiger partial charge in [0.15, 0.2) is 0 Å². The molecule has 8 nitrogen and oxygen atoms in total. The van der Waals surface area contributed by atoms with Gasteiger partial charge in [0.2, 0.25) is 11.8 Å². The summed E-state index contributed by atoms with van der Waals surface area (Å²) in [5.41, 5.74) is 0. The molecule has 2 aliphatic rings. The Bertz CT molecular complexity index is 735. The lowest BCUT2D eigenvalue weighted by Crippen LogP contribution is -2.35. The third-order valence-electron chi connectivity index (χ3n) is 5.60. The molecule has 1 aliphatic carbocycles. The molecule has 2 aromatic rings. The first-order valence-electron chi connectivity index (χ1n) is 9.15. The van der Waals surface area contributed by atoms with E-state index in [-0.39, 0.29) is 6.04 Å². The summed E-state index contributed by atoms with van der Waals surface area (Å²) in [5, 5.41) is 16.9. The summed E-state index contributed by atoms with van der Waals surface area (Å²) in [6, 6.07) is 0.670. The van der Waals surface area contributed by atoms with E-state index in [0.29, 0.717) is 23.7 Å². The zero-order valence-electron chi connectivity index (χ0n) is 15.5. The Labute approximate surface area is 148 Å². The fourth-order valence-corrected chi connectivity index (χ4v) is 3.68. The van der Waals surface area contributed by atoms with Gasteiger partial charge in [-0.25, -0.2) is 0 Å². The highest BCUT2D eigenvalue weighted by Crippen LogP contribution is 2.38. The normalized spacial score (nSPS) is 22.8. The lowest BCUT2D eigenvalue weighted by molar-refractivity contribution is 0.183. The molecule has 0 spiro atoms. The van der Waals surface area contributed by atoms with Gasteiger partial charge in [-0.1, -0.05) is 0 Å². The summed E-state index contributed by atoms with van der Waals surface area (Å²) in [4.78, 5) is 4.81. The van der Waals surface area contributed by atoms with Gasteiger partial charge >= 0.3 is 0 Å². The second kappa shape index (κ2) is 6.49. The molecule has 0 radical (unpaired) electrons. The van der Waals surface area contributed by atoms with Crippen molar-refractivity contribution in [2.24, 2.45) is 7.05 Å². The van der Waals surface area contributed by atoms with Crippen molar-refractivity contribution in [3.8, 4) is 0 Å². The first kappa shape index (κ1) is 16.7. The minimum absolute atomic E-state index is 0.163. The molecule has 136 valence electrons. The quantitative estimate of drug-likeness (QED) is 0.788. The lowest BCUT2D eigenvalue weighted by Gasteiger charge is -2.25. The van der Waals surface area contributed by atoms with Crippen molar-refractivity contribution in [2.45, 2.75) is 57.7 Å². The fraction of sp³-hybridized carbons (Fsp3) is 0.765. The highest BCUT2D eigenvalue weighted by Gasteiger charge is 2.33. The fourth-order valence-electron chi connectivity index (χ4n) is 3.68. The first-order valence-corrected chi connectivity index (χ1v) is 9.15. The Morgan fingerprint density at radius 3 is 2.68 bits per heavy atom. The van der Waals surface area contributed by atoms with Crippen LogP contribution < -0.4 is 0 Å². The van der Waals surface area contributed by atoms with E-state index in [1.807, 2.05) is 6.92 Å². The zero-order chi connectivity index (χ0) is 17.6. The number of rotatable bonds is 6. The number of aromatic nitrogens is 5. The maximum Gasteiger partial charge on any atom is 0.233 e. The Balaban J connectivity index is 1.36. The van der Waals surface area contributed by atoms with Crippen LogP contribution >= 0.6 is 0 Å². The van der Waals surface area contributed by atoms with E-state index in [2.05, 4.69) is 55.8 Å². The van der Waals surface area contributed by atoms with Gasteiger partial charge in [0.1, 0.15) is 11.6 Å². The van der Waals surface area contributed by atoms with Crippen molar-refractivity contribution in [1.29, 1.82) is 0 Å². The van der Waals surface area contributed by atoms with Gasteiger partial charge in [0, 0.05) is 39.0 Å². The molecular weight excluding hydrogens is 318 g/mol. The van der Waals surface area contributed by atoms with Crippen LogP contribution in [0.1, 0.15) is 61.6 Å². The average molecular weight is 345 g/mol. The van der Waals surface area contributed by atoms with Gasteiger partial charge in [-0.15, -0.1) is 20.4 Å². The lowest BCUT2D eigenvalue weighted by atomic mass is 10.2. The summed E-state index contributed by atoms with van der Waals surface area (Å²) in [5.74, 6) is 4.18. The maximum absolute atomic E-state index is 5.60. The summed E-state index contributed by atoms with van der Waals surface area (Å²) in [6.07, 6.45) is 3.65. The molecule has 0 aromatic carbocycles. The molecular formula is C17H27N7O. The molecule has 2 atom stereocenters. The van der Waals surface area contributed by atoms with Gasteiger partial charge in [0.25, 0.3) is 0 Å². The Morgan fingerprint density at radius 1 is 1.20 bits per heavy atom. The number of aryl methyl sites for hydroxylation is 1. The summed E-state index contributed by atoms with van der Waals surface area (Å²) >= 11 is 0. The van der Waals surface area contributed by atoms with Gasteiger partial charge in [0.05, 0.1) is 12.6 Å². The summed E-state index contributed by atoms with van der Waals surface area (Å²) in [6.45, 7) is 6.86. The molecule has 3 heterocycles. The Kier molecular flexibility index (Phi) is 4.33. The minimum Gasteiger partial charge on any atom is -0.424 e. The number of hydrogen-bond donors (Lipinski definition) is 0. The number of nitrogens with zero attached hydrogens (tertiary/aromatic N) is 7. The molecule has 1 saturated heterocycles. The average Bonchev–Trinajstić information content (AvgIpc) is 2.99. The molecule has 0 unspecified atom stereocenters. The minimum atomic E-state index is 0.163. The van der Waals surface area contributed by atoms with E-state index in [0.717, 1.165) is 37.7 Å². The molecule has 8 heteroatoms. The molecule has 1 saturated carbocycles. The van der Waals surface area contributed by atoms with E-state index >= 15 is 0 Å². The van der Waals surface area contributed by atoms with E-state index < -0.39 is 0 Å². The molecule has 25 heavy (non-hydrogen) atoms. The van der Waals surface area contributed by atoms with E-state index in [1.165, 1.54) is 12.8 Å². The van der Waals surface area contributed by atoms with Crippen molar-refractivity contribution in [1.82, 2.24) is 34.8 Å². The topological polar surface area (TPSA) is 76.1 Å². The van der Waals surface area contributed by atoms with Crippen LogP contribution in [0.3, 0.4) is 0 Å². The van der Waals surface area contributed by atoms with Crippen LogP contribution in [0.25, 0.3) is 0 Å². The summed E-state index contributed by atoms with van der Waals surface area (Å²) < 4.78 is 7.78. The van der Waals surface area contributed by atoms with Crippen LogP contribution in [0.2, 0.25) is 0 Å². The van der Waals surface area contributed by atoms with Gasteiger partial charge in [-0.3, -0.25) is 9.80 Å². The van der Waals surface area contributed by atoms with Crippen molar-refractivity contribution >= 4 is 0 Å². The van der Waals surface area contributed by atoms with Gasteiger partial charge < -0.3 is 8.98 Å². The SMILES string of the molecule is Cc1nnc([C@@H](C)N2CC[C@H](N(C)Cc3nnc(C4CC4)n3C)C2)o1. The third kappa shape index (κ3) is 3.32. The Hall–Kier alpha value is -1.80. The first-order chi connectivity index (χ1) is 12.0. The monoisotopic (exact) mass is 345 g/mol. The van der Waals surface area contributed by atoms with Crippen molar-refractivity contribution < 1.29 is 4.42 Å². The molecule has 2 fully saturated rings. The molecule has 1 aliphatic heterocycles. The number of likely N-dealkylation sites (tertiary alicyclic amines) is 1. The van der Waals surface area contributed by atoms with E-state index in [9.17, 15) is 0 Å².